The van der Waals surface area contributed by atoms with Crippen LogP contribution >= 0.6 is 0 Å². The lowest BCUT2D eigenvalue weighted by atomic mass is 9.98. The fraction of sp³-hybridized carbons (Fsp3) is 0.294. The number of rotatable bonds is 3. The molecule has 2 heterocycles. The van der Waals surface area contributed by atoms with E-state index in [4.69, 9.17) is 5.73 Å². The second kappa shape index (κ2) is 5.66. The Labute approximate surface area is 124 Å². The van der Waals surface area contributed by atoms with Gasteiger partial charge in [-0.2, -0.15) is 0 Å². The maximum atomic E-state index is 12.8. The monoisotopic (exact) mass is 281 g/mol. The number of hydrogen-bond acceptors (Lipinski definition) is 3. The first kappa shape index (κ1) is 13.8. The third-order valence-electron chi connectivity index (χ3n) is 4.07. The van der Waals surface area contributed by atoms with Crippen molar-refractivity contribution in [2.75, 3.05) is 18.0 Å². The van der Waals surface area contributed by atoms with Gasteiger partial charge in [0.25, 0.3) is 5.91 Å². The van der Waals surface area contributed by atoms with Gasteiger partial charge in [0, 0.05) is 30.0 Å². The zero-order valence-electron chi connectivity index (χ0n) is 12.1. The number of carbonyl (C=O) groups excluding carboxylic acids is 1. The van der Waals surface area contributed by atoms with Gasteiger partial charge in [0.2, 0.25) is 0 Å². The molecule has 21 heavy (non-hydrogen) atoms. The molecule has 1 aliphatic heterocycles. The Balaban J connectivity index is 1.97. The van der Waals surface area contributed by atoms with Gasteiger partial charge in [-0.25, -0.2) is 0 Å². The number of para-hydroxylation sites is 1. The van der Waals surface area contributed by atoms with Crippen molar-refractivity contribution in [1.29, 1.82) is 0 Å². The van der Waals surface area contributed by atoms with E-state index < -0.39 is 0 Å². The number of nitrogens with zero attached hydrogens (tertiary/aromatic N) is 2. The van der Waals surface area contributed by atoms with Gasteiger partial charge in [-0.05, 0) is 43.7 Å². The summed E-state index contributed by atoms with van der Waals surface area (Å²) in [6.45, 7) is 3.20. The number of pyridine rings is 1. The standard InChI is InChI=1S/C17H19N3O/c1-12-14(6-4-10-19-12)17(21)20-11-13(8-9-18)15-5-2-3-7-16(15)20/h2-7,10,13H,8-9,11,18H2,1H3. The molecule has 3 rings (SSSR count). The maximum Gasteiger partial charge on any atom is 0.260 e. The van der Waals surface area contributed by atoms with Crippen LogP contribution in [-0.4, -0.2) is 24.0 Å². The molecule has 2 N–H and O–H groups in total. The van der Waals surface area contributed by atoms with Gasteiger partial charge >= 0.3 is 0 Å². The topological polar surface area (TPSA) is 59.2 Å². The number of amides is 1. The van der Waals surface area contributed by atoms with Gasteiger partial charge in [-0.1, -0.05) is 18.2 Å². The number of aromatic nitrogens is 1. The molecule has 4 heteroatoms. The molecular formula is C17H19N3O. The predicted octanol–water partition coefficient (Wildman–Crippen LogP) is 2.48. The number of hydrogen-bond donors (Lipinski definition) is 1. The van der Waals surface area contributed by atoms with E-state index in [2.05, 4.69) is 11.1 Å². The van der Waals surface area contributed by atoms with Crippen LogP contribution in [0.2, 0.25) is 0 Å². The van der Waals surface area contributed by atoms with Gasteiger partial charge < -0.3 is 10.6 Å². The summed E-state index contributed by atoms with van der Waals surface area (Å²) in [5.41, 5.74) is 9.37. The molecule has 0 fully saturated rings. The van der Waals surface area contributed by atoms with Gasteiger partial charge in [0.15, 0.2) is 0 Å². The van der Waals surface area contributed by atoms with E-state index in [1.165, 1.54) is 5.56 Å². The van der Waals surface area contributed by atoms with E-state index in [9.17, 15) is 4.79 Å². The highest BCUT2D eigenvalue weighted by Gasteiger charge is 2.32. The number of fused-ring (bicyclic) bond motifs is 1. The summed E-state index contributed by atoms with van der Waals surface area (Å²) in [5.74, 6) is 0.347. The van der Waals surface area contributed by atoms with Crippen LogP contribution in [0.25, 0.3) is 0 Å². The fourth-order valence-corrected chi connectivity index (χ4v) is 2.99. The van der Waals surface area contributed by atoms with Crippen molar-refractivity contribution in [3.05, 3.63) is 59.4 Å². The van der Waals surface area contributed by atoms with Crippen molar-refractivity contribution < 1.29 is 4.79 Å². The molecule has 0 aliphatic carbocycles. The molecule has 1 atom stereocenters. The summed E-state index contributed by atoms with van der Waals surface area (Å²) in [5, 5.41) is 0. The minimum absolute atomic E-state index is 0.0209. The minimum Gasteiger partial charge on any atom is -0.330 e. The number of anilines is 1. The normalized spacial score (nSPS) is 16.9. The minimum atomic E-state index is 0.0209. The molecule has 2 aromatic rings. The molecule has 0 bridgehead atoms. The van der Waals surface area contributed by atoms with E-state index in [1.807, 2.05) is 36.1 Å². The molecule has 1 unspecified atom stereocenters. The number of benzene rings is 1. The zero-order valence-corrected chi connectivity index (χ0v) is 12.1. The number of aryl methyl sites for hydroxylation is 1. The average molecular weight is 281 g/mol. The van der Waals surface area contributed by atoms with E-state index >= 15 is 0 Å². The number of nitrogens with two attached hydrogens (primary N) is 1. The van der Waals surface area contributed by atoms with Crippen LogP contribution < -0.4 is 10.6 Å². The van der Waals surface area contributed by atoms with Crippen molar-refractivity contribution >= 4 is 11.6 Å². The lowest BCUT2D eigenvalue weighted by Crippen LogP contribution is -2.30. The predicted molar refractivity (Wildman–Crippen MR) is 83.5 cm³/mol. The summed E-state index contributed by atoms with van der Waals surface area (Å²) in [6.07, 6.45) is 2.61. The van der Waals surface area contributed by atoms with Gasteiger partial charge in [0.1, 0.15) is 0 Å². The first-order chi connectivity index (χ1) is 10.2. The molecule has 1 aromatic heterocycles. The Morgan fingerprint density at radius 2 is 2.14 bits per heavy atom. The smallest absolute Gasteiger partial charge is 0.260 e. The molecule has 1 aromatic carbocycles. The lowest BCUT2D eigenvalue weighted by molar-refractivity contribution is 0.0987. The van der Waals surface area contributed by atoms with E-state index in [0.29, 0.717) is 24.6 Å². The second-order valence-corrected chi connectivity index (χ2v) is 5.39. The van der Waals surface area contributed by atoms with Crippen LogP contribution in [0.5, 0.6) is 0 Å². The maximum absolute atomic E-state index is 12.8. The average Bonchev–Trinajstić information content (AvgIpc) is 2.87. The Hall–Kier alpha value is -2.20. The largest absolute Gasteiger partial charge is 0.330 e. The Morgan fingerprint density at radius 3 is 2.90 bits per heavy atom. The Morgan fingerprint density at radius 1 is 1.33 bits per heavy atom. The summed E-state index contributed by atoms with van der Waals surface area (Å²) in [6, 6.07) is 11.7. The molecule has 1 aliphatic rings. The summed E-state index contributed by atoms with van der Waals surface area (Å²) in [4.78, 5) is 18.9. The molecule has 1 amide bonds. The molecule has 0 saturated carbocycles. The highest BCUT2D eigenvalue weighted by atomic mass is 16.2. The van der Waals surface area contributed by atoms with Gasteiger partial charge in [-0.15, -0.1) is 0 Å². The summed E-state index contributed by atoms with van der Waals surface area (Å²) < 4.78 is 0. The molecule has 0 saturated heterocycles. The summed E-state index contributed by atoms with van der Waals surface area (Å²) >= 11 is 0. The lowest BCUT2D eigenvalue weighted by Gasteiger charge is -2.18. The Kier molecular flexibility index (Phi) is 3.71. The van der Waals surface area contributed by atoms with E-state index in [0.717, 1.165) is 17.8 Å². The summed E-state index contributed by atoms with van der Waals surface area (Å²) in [7, 11) is 0. The van der Waals surface area contributed by atoms with Crippen LogP contribution in [0.4, 0.5) is 5.69 Å². The molecule has 0 radical (unpaired) electrons. The first-order valence-corrected chi connectivity index (χ1v) is 7.25. The van der Waals surface area contributed by atoms with Crippen LogP contribution in [-0.2, 0) is 0 Å². The van der Waals surface area contributed by atoms with Crippen molar-refractivity contribution in [2.45, 2.75) is 19.3 Å². The van der Waals surface area contributed by atoms with Crippen molar-refractivity contribution in [1.82, 2.24) is 4.98 Å². The highest BCUT2D eigenvalue weighted by Crippen LogP contribution is 2.38. The van der Waals surface area contributed by atoms with Crippen LogP contribution in [0, 0.1) is 6.92 Å². The van der Waals surface area contributed by atoms with Gasteiger partial charge in [0.05, 0.1) is 5.56 Å². The third-order valence-corrected chi connectivity index (χ3v) is 4.07. The Bertz CT molecular complexity index is 669. The number of carbonyl (C=O) groups is 1. The second-order valence-electron chi connectivity index (χ2n) is 5.39. The molecular weight excluding hydrogens is 262 g/mol. The van der Waals surface area contributed by atoms with Crippen LogP contribution in [0.1, 0.15) is 34.0 Å². The van der Waals surface area contributed by atoms with Crippen LogP contribution in [0.15, 0.2) is 42.6 Å². The first-order valence-electron chi connectivity index (χ1n) is 7.25. The highest BCUT2D eigenvalue weighted by molar-refractivity contribution is 6.08. The van der Waals surface area contributed by atoms with E-state index in [1.54, 1.807) is 12.3 Å². The molecule has 4 nitrogen and oxygen atoms in total. The van der Waals surface area contributed by atoms with Crippen molar-refractivity contribution in [3.8, 4) is 0 Å². The molecule has 0 spiro atoms. The quantitative estimate of drug-likeness (QED) is 0.940. The molecule has 108 valence electrons. The zero-order chi connectivity index (χ0) is 14.8. The fourth-order valence-electron chi connectivity index (χ4n) is 2.99. The van der Waals surface area contributed by atoms with Crippen LogP contribution in [0.3, 0.4) is 0 Å². The van der Waals surface area contributed by atoms with Gasteiger partial charge in [-0.3, -0.25) is 9.78 Å². The van der Waals surface area contributed by atoms with E-state index in [-0.39, 0.29) is 5.91 Å². The van der Waals surface area contributed by atoms with Crippen molar-refractivity contribution in [3.63, 3.8) is 0 Å². The SMILES string of the molecule is Cc1ncccc1C(=O)N1CC(CCN)c2ccccc21. The third kappa shape index (κ3) is 2.43. The van der Waals surface area contributed by atoms with Crippen molar-refractivity contribution in [2.24, 2.45) is 5.73 Å².